The summed E-state index contributed by atoms with van der Waals surface area (Å²) in [6.45, 7) is 3.28. The molecule has 0 atom stereocenters. The molecule has 0 spiro atoms. The largest absolute Gasteiger partial charge is 0.396 e. The third kappa shape index (κ3) is 2.81. The van der Waals surface area contributed by atoms with Gasteiger partial charge < -0.3 is 10.0 Å². The third-order valence-corrected chi connectivity index (χ3v) is 4.29. The van der Waals surface area contributed by atoms with E-state index in [1.54, 1.807) is 19.1 Å². The van der Waals surface area contributed by atoms with Gasteiger partial charge in [0, 0.05) is 36.8 Å². The molecule has 2 aromatic rings. The minimum atomic E-state index is -0.354. The van der Waals surface area contributed by atoms with Gasteiger partial charge in [-0.15, -0.1) is 0 Å². The number of aliphatic hydroxyl groups excluding tert-OH is 1. The van der Waals surface area contributed by atoms with E-state index >= 15 is 0 Å². The third-order valence-electron chi connectivity index (χ3n) is 4.29. The molecule has 2 heterocycles. The van der Waals surface area contributed by atoms with Crippen molar-refractivity contribution in [1.29, 1.82) is 0 Å². The summed E-state index contributed by atoms with van der Waals surface area (Å²) in [4.78, 5) is 18.9. The Balaban J connectivity index is 1.94. The molecule has 0 saturated carbocycles. The average Bonchev–Trinajstić information content (AvgIpc) is 2.53. The molecule has 0 aliphatic carbocycles. The summed E-state index contributed by atoms with van der Waals surface area (Å²) in [6, 6.07) is 6.09. The smallest absolute Gasteiger partial charge is 0.254 e. The van der Waals surface area contributed by atoms with Crippen LogP contribution in [-0.4, -0.2) is 40.6 Å². The van der Waals surface area contributed by atoms with Crippen LogP contribution in [0.5, 0.6) is 0 Å². The highest BCUT2D eigenvalue weighted by Gasteiger charge is 2.24. The number of halogens is 1. The maximum atomic E-state index is 13.4. The minimum absolute atomic E-state index is 0.0431. The van der Waals surface area contributed by atoms with Crippen LogP contribution < -0.4 is 0 Å². The number of nitrogens with zero attached hydrogens (tertiary/aromatic N) is 2. The molecule has 3 rings (SSSR count). The molecular formula is C17H19FN2O2. The zero-order valence-electron chi connectivity index (χ0n) is 12.6. The first-order valence-corrected chi connectivity index (χ1v) is 7.55. The van der Waals surface area contributed by atoms with Crippen molar-refractivity contribution >= 4 is 16.8 Å². The Bertz CT molecular complexity index is 704. The Hall–Kier alpha value is -2.01. The summed E-state index contributed by atoms with van der Waals surface area (Å²) < 4.78 is 13.4. The van der Waals surface area contributed by atoms with Gasteiger partial charge in [-0.3, -0.25) is 9.78 Å². The fourth-order valence-electron chi connectivity index (χ4n) is 3.00. The van der Waals surface area contributed by atoms with Crippen molar-refractivity contribution in [2.24, 2.45) is 5.92 Å². The van der Waals surface area contributed by atoms with Crippen molar-refractivity contribution in [1.82, 2.24) is 9.88 Å². The summed E-state index contributed by atoms with van der Waals surface area (Å²) >= 11 is 0. The van der Waals surface area contributed by atoms with Gasteiger partial charge in [0.05, 0.1) is 11.1 Å². The first kappa shape index (κ1) is 14.9. The van der Waals surface area contributed by atoms with Crippen molar-refractivity contribution in [3.63, 3.8) is 0 Å². The number of fused-ring (bicyclic) bond motifs is 1. The standard InChI is InChI=1S/C17H19FN2O2/c1-11-8-15(14-3-2-13(18)9-16(14)19-11)17(22)20-6-4-12(10-21)5-7-20/h2-3,8-9,12,21H,4-7,10H2,1H3. The number of hydrogen-bond acceptors (Lipinski definition) is 3. The highest BCUT2D eigenvalue weighted by Crippen LogP contribution is 2.24. The molecule has 1 N–H and O–H groups in total. The molecule has 1 amide bonds. The summed E-state index contributed by atoms with van der Waals surface area (Å²) in [5.74, 6) is -0.111. The molecule has 0 bridgehead atoms. The van der Waals surface area contributed by atoms with Gasteiger partial charge in [0.15, 0.2) is 0 Å². The number of benzene rings is 1. The lowest BCUT2D eigenvalue weighted by molar-refractivity contribution is 0.0652. The maximum Gasteiger partial charge on any atom is 0.254 e. The number of pyridine rings is 1. The second kappa shape index (κ2) is 6.01. The number of likely N-dealkylation sites (tertiary alicyclic amines) is 1. The van der Waals surface area contributed by atoms with Crippen LogP contribution in [0, 0.1) is 18.7 Å². The van der Waals surface area contributed by atoms with E-state index < -0.39 is 0 Å². The number of rotatable bonds is 2. The topological polar surface area (TPSA) is 53.4 Å². The molecule has 22 heavy (non-hydrogen) atoms. The second-order valence-corrected chi connectivity index (χ2v) is 5.89. The quantitative estimate of drug-likeness (QED) is 0.927. The number of hydrogen-bond donors (Lipinski definition) is 1. The number of carbonyl (C=O) groups excluding carboxylic acids is 1. The molecule has 116 valence electrons. The molecule has 0 unspecified atom stereocenters. The van der Waals surface area contributed by atoms with E-state index in [0.717, 1.165) is 12.8 Å². The number of piperidine rings is 1. The summed E-state index contributed by atoms with van der Waals surface area (Å²) in [6.07, 6.45) is 1.64. The Morgan fingerprint density at radius 3 is 2.77 bits per heavy atom. The zero-order chi connectivity index (χ0) is 15.7. The van der Waals surface area contributed by atoms with Gasteiger partial charge in [-0.1, -0.05) is 0 Å². The van der Waals surface area contributed by atoms with Crippen LogP contribution in [0.4, 0.5) is 4.39 Å². The molecule has 1 aliphatic heterocycles. The molecule has 0 radical (unpaired) electrons. The van der Waals surface area contributed by atoms with Gasteiger partial charge in [0.2, 0.25) is 0 Å². The highest BCUT2D eigenvalue weighted by atomic mass is 19.1. The van der Waals surface area contributed by atoms with Crippen molar-refractivity contribution in [3.05, 3.63) is 41.3 Å². The van der Waals surface area contributed by atoms with Crippen LogP contribution in [-0.2, 0) is 0 Å². The van der Waals surface area contributed by atoms with E-state index in [1.807, 2.05) is 4.90 Å². The Morgan fingerprint density at radius 1 is 1.36 bits per heavy atom. The Labute approximate surface area is 128 Å². The molecule has 5 heteroatoms. The Morgan fingerprint density at radius 2 is 2.09 bits per heavy atom. The van der Waals surface area contributed by atoms with Crippen LogP contribution in [0.3, 0.4) is 0 Å². The summed E-state index contributed by atoms with van der Waals surface area (Å²) in [5, 5.41) is 9.87. The molecule has 1 fully saturated rings. The van der Waals surface area contributed by atoms with Gasteiger partial charge >= 0.3 is 0 Å². The van der Waals surface area contributed by atoms with Gasteiger partial charge in [-0.2, -0.15) is 0 Å². The highest BCUT2D eigenvalue weighted by molar-refractivity contribution is 6.06. The summed E-state index contributed by atoms with van der Waals surface area (Å²) in [5.41, 5.74) is 1.78. The van der Waals surface area contributed by atoms with E-state index in [4.69, 9.17) is 0 Å². The fraction of sp³-hybridized carbons (Fsp3) is 0.412. The SMILES string of the molecule is Cc1cc(C(=O)N2CCC(CO)CC2)c2ccc(F)cc2n1. The maximum absolute atomic E-state index is 13.4. The first-order chi connectivity index (χ1) is 10.6. The predicted molar refractivity (Wildman–Crippen MR) is 82.2 cm³/mol. The monoisotopic (exact) mass is 302 g/mol. The normalized spacial score (nSPS) is 16.2. The van der Waals surface area contributed by atoms with E-state index in [-0.39, 0.29) is 24.2 Å². The molecule has 1 aromatic carbocycles. The summed E-state index contributed by atoms with van der Waals surface area (Å²) in [7, 11) is 0. The van der Waals surface area contributed by atoms with Crippen LogP contribution in [0.2, 0.25) is 0 Å². The minimum Gasteiger partial charge on any atom is -0.396 e. The lowest BCUT2D eigenvalue weighted by Crippen LogP contribution is -2.39. The number of carbonyl (C=O) groups is 1. The van der Waals surface area contributed by atoms with Crippen LogP contribution in [0.1, 0.15) is 28.9 Å². The van der Waals surface area contributed by atoms with Gasteiger partial charge in [-0.05, 0) is 43.9 Å². The van der Waals surface area contributed by atoms with Crippen molar-refractivity contribution in [3.8, 4) is 0 Å². The zero-order valence-corrected chi connectivity index (χ0v) is 12.6. The van der Waals surface area contributed by atoms with Crippen LogP contribution >= 0.6 is 0 Å². The van der Waals surface area contributed by atoms with Crippen LogP contribution in [0.25, 0.3) is 10.9 Å². The van der Waals surface area contributed by atoms with Gasteiger partial charge in [-0.25, -0.2) is 4.39 Å². The van der Waals surface area contributed by atoms with Crippen molar-refractivity contribution < 1.29 is 14.3 Å². The first-order valence-electron chi connectivity index (χ1n) is 7.55. The molecular weight excluding hydrogens is 283 g/mol. The second-order valence-electron chi connectivity index (χ2n) is 5.89. The number of aryl methyl sites for hydroxylation is 1. The van der Waals surface area contributed by atoms with Gasteiger partial charge in [0.1, 0.15) is 5.82 Å². The van der Waals surface area contributed by atoms with E-state index in [0.29, 0.717) is 35.2 Å². The van der Waals surface area contributed by atoms with Crippen molar-refractivity contribution in [2.45, 2.75) is 19.8 Å². The number of aliphatic hydroxyl groups is 1. The van der Waals surface area contributed by atoms with Gasteiger partial charge in [0.25, 0.3) is 5.91 Å². The van der Waals surface area contributed by atoms with E-state index in [2.05, 4.69) is 4.98 Å². The van der Waals surface area contributed by atoms with Crippen molar-refractivity contribution in [2.75, 3.05) is 19.7 Å². The number of aromatic nitrogens is 1. The fourth-order valence-corrected chi connectivity index (χ4v) is 3.00. The molecule has 1 aromatic heterocycles. The van der Waals surface area contributed by atoms with Crippen LogP contribution in [0.15, 0.2) is 24.3 Å². The molecule has 1 saturated heterocycles. The molecule has 4 nitrogen and oxygen atoms in total. The predicted octanol–water partition coefficient (Wildman–Crippen LogP) is 2.53. The average molecular weight is 302 g/mol. The molecule has 1 aliphatic rings. The lowest BCUT2D eigenvalue weighted by atomic mass is 9.97. The van der Waals surface area contributed by atoms with E-state index in [1.165, 1.54) is 12.1 Å². The number of amides is 1. The van der Waals surface area contributed by atoms with E-state index in [9.17, 15) is 14.3 Å². The Kier molecular flexibility index (Phi) is 4.07. The lowest BCUT2D eigenvalue weighted by Gasteiger charge is -2.31.